The predicted octanol–water partition coefficient (Wildman–Crippen LogP) is 3.18. The van der Waals surface area contributed by atoms with Crippen molar-refractivity contribution in [2.75, 3.05) is 49.2 Å². The second kappa shape index (κ2) is 10.2. The van der Waals surface area contributed by atoms with Crippen LogP contribution in [-0.4, -0.2) is 72.2 Å². The number of rotatable bonds is 8. The van der Waals surface area contributed by atoms with E-state index in [4.69, 9.17) is 4.98 Å². The maximum atomic E-state index is 12.6. The van der Waals surface area contributed by atoms with Crippen LogP contribution in [0.15, 0.2) is 30.7 Å². The quantitative estimate of drug-likeness (QED) is 0.517. The Balaban J connectivity index is 1.59. The zero-order chi connectivity index (χ0) is 24.3. The molecule has 34 heavy (non-hydrogen) atoms. The molecule has 0 aliphatic carbocycles. The summed E-state index contributed by atoms with van der Waals surface area (Å²) < 4.78 is 25.2. The van der Waals surface area contributed by atoms with E-state index in [9.17, 15) is 8.42 Å². The lowest BCUT2D eigenvalue weighted by atomic mass is 10.1. The van der Waals surface area contributed by atoms with Crippen LogP contribution in [0.3, 0.4) is 0 Å². The van der Waals surface area contributed by atoms with Crippen LogP contribution in [0.1, 0.15) is 31.4 Å². The lowest BCUT2D eigenvalue weighted by Gasteiger charge is -2.32. The number of hydrogen-bond donors (Lipinski definition) is 1. The molecule has 4 rings (SSSR count). The van der Waals surface area contributed by atoms with Gasteiger partial charge in [0.2, 0.25) is 5.95 Å². The van der Waals surface area contributed by atoms with E-state index in [2.05, 4.69) is 37.1 Å². The number of sulfone groups is 1. The first-order valence-corrected chi connectivity index (χ1v) is 13.5. The number of nitrogens with one attached hydrogen (secondary N) is 1. The molecule has 1 fully saturated rings. The summed E-state index contributed by atoms with van der Waals surface area (Å²) in [5, 5.41) is 3.37. The fraction of sp³-hybridized carbons (Fsp3) is 0.500. The highest BCUT2D eigenvalue weighted by Crippen LogP contribution is 2.26. The average Bonchev–Trinajstić information content (AvgIpc) is 2.80. The van der Waals surface area contributed by atoms with Crippen molar-refractivity contribution < 1.29 is 8.42 Å². The van der Waals surface area contributed by atoms with E-state index < -0.39 is 9.84 Å². The van der Waals surface area contributed by atoms with Crippen molar-refractivity contribution >= 4 is 38.3 Å². The molecule has 0 bridgehead atoms. The molecule has 0 saturated carbocycles. The van der Waals surface area contributed by atoms with Gasteiger partial charge >= 0.3 is 0 Å². The topological polar surface area (TPSA) is 104 Å². The van der Waals surface area contributed by atoms with Crippen molar-refractivity contribution in [2.45, 2.75) is 32.9 Å². The van der Waals surface area contributed by atoms with Gasteiger partial charge in [-0.2, -0.15) is 0 Å². The molecule has 3 heterocycles. The molecule has 182 valence electrons. The van der Waals surface area contributed by atoms with Crippen LogP contribution in [-0.2, 0) is 15.6 Å². The Bertz CT molecular complexity index is 1260. The van der Waals surface area contributed by atoms with Crippen LogP contribution in [0, 0.1) is 12.8 Å². The van der Waals surface area contributed by atoms with Gasteiger partial charge in [-0.1, -0.05) is 26.0 Å². The first kappa shape index (κ1) is 24.3. The van der Waals surface area contributed by atoms with Gasteiger partial charge in [0.15, 0.2) is 15.7 Å². The van der Waals surface area contributed by atoms with Gasteiger partial charge in [-0.3, -0.25) is 0 Å². The molecule has 2 aromatic heterocycles. The van der Waals surface area contributed by atoms with Crippen LogP contribution in [0.4, 0.5) is 17.5 Å². The number of piperazine rings is 1. The fourth-order valence-electron chi connectivity index (χ4n) is 3.86. The first-order valence-electron chi connectivity index (χ1n) is 11.7. The zero-order valence-electron chi connectivity index (χ0n) is 20.3. The summed E-state index contributed by atoms with van der Waals surface area (Å²) in [6, 6.07) is 5.70. The van der Waals surface area contributed by atoms with Crippen molar-refractivity contribution in [3.63, 3.8) is 0 Å². The Kier molecular flexibility index (Phi) is 7.27. The van der Waals surface area contributed by atoms with E-state index in [0.29, 0.717) is 35.1 Å². The van der Waals surface area contributed by atoms with Gasteiger partial charge in [0.05, 0.1) is 17.7 Å². The highest BCUT2D eigenvalue weighted by molar-refractivity contribution is 7.90. The third-order valence-corrected chi connectivity index (χ3v) is 7.73. The Labute approximate surface area is 201 Å². The summed E-state index contributed by atoms with van der Waals surface area (Å²) in [4.78, 5) is 22.5. The summed E-state index contributed by atoms with van der Waals surface area (Å²) in [5.74, 6) is 1.82. The number of likely N-dealkylation sites (N-methyl/N-ethyl adjacent to an activating group) is 1. The Morgan fingerprint density at radius 3 is 2.59 bits per heavy atom. The van der Waals surface area contributed by atoms with Crippen LogP contribution < -0.4 is 10.2 Å². The number of benzene rings is 1. The van der Waals surface area contributed by atoms with Crippen molar-refractivity contribution in [3.05, 3.63) is 41.9 Å². The fourth-order valence-corrected chi connectivity index (χ4v) is 5.52. The normalized spacial score (nSPS) is 15.3. The molecular formula is C24H33N7O2S. The molecule has 1 aliphatic rings. The van der Waals surface area contributed by atoms with Gasteiger partial charge in [0.25, 0.3) is 0 Å². The lowest BCUT2D eigenvalue weighted by Crippen LogP contribution is -2.45. The van der Waals surface area contributed by atoms with Crippen LogP contribution >= 0.6 is 0 Å². The Morgan fingerprint density at radius 2 is 1.85 bits per heavy atom. The largest absolute Gasteiger partial charge is 0.338 e. The van der Waals surface area contributed by atoms with Crippen molar-refractivity contribution in [3.8, 4) is 0 Å². The van der Waals surface area contributed by atoms with Crippen molar-refractivity contribution in [1.29, 1.82) is 0 Å². The highest BCUT2D eigenvalue weighted by atomic mass is 32.2. The zero-order valence-corrected chi connectivity index (χ0v) is 21.1. The van der Waals surface area contributed by atoms with E-state index in [1.54, 1.807) is 6.20 Å². The van der Waals surface area contributed by atoms with Gasteiger partial charge in [0.1, 0.15) is 17.4 Å². The third kappa shape index (κ3) is 5.98. The summed E-state index contributed by atoms with van der Waals surface area (Å²) >= 11 is 0. The second-order valence-corrected chi connectivity index (χ2v) is 11.6. The lowest BCUT2D eigenvalue weighted by molar-refractivity contribution is 0.311. The monoisotopic (exact) mass is 483 g/mol. The molecule has 1 N–H and O–H groups in total. The molecule has 9 nitrogen and oxygen atoms in total. The summed E-state index contributed by atoms with van der Waals surface area (Å²) in [7, 11) is -1.06. The molecule has 0 unspecified atom stereocenters. The number of aromatic nitrogens is 4. The average molecular weight is 484 g/mol. The van der Waals surface area contributed by atoms with Gasteiger partial charge < -0.3 is 15.1 Å². The summed E-state index contributed by atoms with van der Waals surface area (Å²) in [5.41, 5.74) is 3.84. The minimum Gasteiger partial charge on any atom is -0.338 e. The third-order valence-electron chi connectivity index (χ3n) is 6.10. The van der Waals surface area contributed by atoms with Crippen molar-refractivity contribution in [2.24, 2.45) is 5.92 Å². The maximum absolute atomic E-state index is 12.6. The Hall–Kier alpha value is -2.85. The molecular weight excluding hydrogens is 450 g/mol. The number of hydrogen-bond acceptors (Lipinski definition) is 9. The van der Waals surface area contributed by atoms with Gasteiger partial charge in [0, 0.05) is 31.9 Å². The standard InChI is InChI=1S/C24H33N7O2S/c1-17(2)7-12-34(32,33)15-19-6-5-18(3)20(13-19)28-23-22-21(26-16-27-23)14-25-24(29-22)31-10-8-30(4)9-11-31/h5-6,13-14,16-17H,7-12,15H2,1-4H3,(H,26,27,28). The second-order valence-electron chi connectivity index (χ2n) is 9.47. The Morgan fingerprint density at radius 1 is 1.09 bits per heavy atom. The first-order chi connectivity index (χ1) is 16.2. The van der Waals surface area contributed by atoms with E-state index in [1.165, 1.54) is 6.33 Å². The predicted molar refractivity (Wildman–Crippen MR) is 136 cm³/mol. The summed E-state index contributed by atoms with van der Waals surface area (Å²) in [6.45, 7) is 9.71. The smallest absolute Gasteiger partial charge is 0.226 e. The molecule has 1 aromatic carbocycles. The molecule has 1 saturated heterocycles. The van der Waals surface area contributed by atoms with Gasteiger partial charge in [-0.25, -0.2) is 28.4 Å². The number of nitrogens with zero attached hydrogens (tertiary/aromatic N) is 6. The van der Waals surface area contributed by atoms with E-state index >= 15 is 0 Å². The highest BCUT2D eigenvalue weighted by Gasteiger charge is 2.19. The van der Waals surface area contributed by atoms with E-state index in [1.807, 2.05) is 39.0 Å². The number of aryl methyl sites for hydroxylation is 1. The van der Waals surface area contributed by atoms with Crippen LogP contribution in [0.5, 0.6) is 0 Å². The van der Waals surface area contributed by atoms with Crippen molar-refractivity contribution in [1.82, 2.24) is 24.8 Å². The van der Waals surface area contributed by atoms with Crippen LogP contribution in [0.2, 0.25) is 0 Å². The van der Waals surface area contributed by atoms with E-state index in [0.717, 1.165) is 43.0 Å². The molecule has 3 aromatic rings. The van der Waals surface area contributed by atoms with Gasteiger partial charge in [-0.05, 0) is 43.5 Å². The van der Waals surface area contributed by atoms with Crippen LogP contribution in [0.25, 0.3) is 11.0 Å². The van der Waals surface area contributed by atoms with E-state index in [-0.39, 0.29) is 11.5 Å². The number of fused-ring (bicyclic) bond motifs is 1. The minimum absolute atomic E-state index is 0.0227. The molecule has 0 atom stereocenters. The summed E-state index contributed by atoms with van der Waals surface area (Å²) in [6.07, 6.45) is 3.88. The molecule has 10 heteroatoms. The maximum Gasteiger partial charge on any atom is 0.226 e. The molecule has 0 spiro atoms. The minimum atomic E-state index is -3.17. The molecule has 1 aliphatic heterocycles. The number of anilines is 3. The molecule has 0 radical (unpaired) electrons. The SMILES string of the molecule is Cc1ccc(CS(=O)(=O)CCC(C)C)cc1Nc1ncnc2cnc(N3CCN(C)CC3)nc12. The van der Waals surface area contributed by atoms with Gasteiger partial charge in [-0.15, -0.1) is 0 Å². The molecule has 0 amide bonds.